The summed E-state index contributed by atoms with van der Waals surface area (Å²) in [5, 5.41) is 0. The van der Waals surface area contributed by atoms with Crippen molar-refractivity contribution in [2.75, 3.05) is 0 Å². The molecule has 0 N–H and O–H groups in total. The number of rotatable bonds is 4. The van der Waals surface area contributed by atoms with E-state index in [2.05, 4.69) is 71.9 Å². The lowest BCUT2D eigenvalue weighted by atomic mass is 9.67. The van der Waals surface area contributed by atoms with Crippen molar-refractivity contribution in [1.29, 1.82) is 0 Å². The van der Waals surface area contributed by atoms with E-state index in [0.29, 0.717) is 16.7 Å². The molecule has 0 bridgehead atoms. The van der Waals surface area contributed by atoms with Gasteiger partial charge in [-0.25, -0.2) is 0 Å². The Morgan fingerprint density at radius 3 is 2.43 bits per heavy atom. The van der Waals surface area contributed by atoms with Crippen molar-refractivity contribution < 1.29 is 0 Å². The van der Waals surface area contributed by atoms with Gasteiger partial charge in [-0.1, -0.05) is 78.3 Å². The van der Waals surface area contributed by atoms with Crippen LogP contribution in [-0.4, -0.2) is 0 Å². The summed E-state index contributed by atoms with van der Waals surface area (Å²) in [5.41, 5.74) is 5.20. The van der Waals surface area contributed by atoms with E-state index < -0.39 is 0 Å². The van der Waals surface area contributed by atoms with E-state index in [1.165, 1.54) is 42.4 Å². The minimum atomic E-state index is 0.305. The average molecular weight is 284 g/mol. The molecule has 0 aromatic heterocycles. The highest BCUT2D eigenvalue weighted by atomic mass is 14.4. The zero-order valence-electron chi connectivity index (χ0n) is 14.8. The third kappa shape index (κ3) is 3.99. The SMILES string of the molecule is CCC(C)(C)CC(c1ccc2c(c1)C=CCC2)C(C)(C)C. The predicted octanol–water partition coefficient (Wildman–Crippen LogP) is 6.60. The van der Waals surface area contributed by atoms with Gasteiger partial charge in [0.2, 0.25) is 0 Å². The van der Waals surface area contributed by atoms with Gasteiger partial charge >= 0.3 is 0 Å². The van der Waals surface area contributed by atoms with E-state index in [0.717, 1.165) is 0 Å². The first-order chi connectivity index (χ1) is 9.73. The van der Waals surface area contributed by atoms with Crippen LogP contribution in [0.3, 0.4) is 0 Å². The maximum absolute atomic E-state index is 2.45. The topological polar surface area (TPSA) is 0 Å². The zero-order valence-corrected chi connectivity index (χ0v) is 14.8. The first-order valence-electron chi connectivity index (χ1n) is 8.52. The van der Waals surface area contributed by atoms with Crippen molar-refractivity contribution in [3.05, 3.63) is 41.0 Å². The number of allylic oxidation sites excluding steroid dienone is 1. The lowest BCUT2D eigenvalue weighted by Crippen LogP contribution is -2.25. The van der Waals surface area contributed by atoms with Crippen LogP contribution in [0, 0.1) is 10.8 Å². The summed E-state index contributed by atoms with van der Waals surface area (Å²) < 4.78 is 0. The summed E-state index contributed by atoms with van der Waals surface area (Å²) >= 11 is 0. The van der Waals surface area contributed by atoms with Gasteiger partial charge in [0.1, 0.15) is 0 Å². The third-order valence-corrected chi connectivity index (χ3v) is 5.21. The van der Waals surface area contributed by atoms with Crippen LogP contribution in [0.4, 0.5) is 0 Å². The van der Waals surface area contributed by atoms with Crippen LogP contribution >= 0.6 is 0 Å². The number of hydrogen-bond donors (Lipinski definition) is 0. The third-order valence-electron chi connectivity index (χ3n) is 5.21. The van der Waals surface area contributed by atoms with Gasteiger partial charge < -0.3 is 0 Å². The molecule has 1 atom stereocenters. The minimum Gasteiger partial charge on any atom is -0.0836 e. The van der Waals surface area contributed by atoms with Gasteiger partial charge in [0.25, 0.3) is 0 Å². The molecule has 0 saturated heterocycles. The molecule has 21 heavy (non-hydrogen) atoms. The first-order valence-corrected chi connectivity index (χ1v) is 8.52. The van der Waals surface area contributed by atoms with Crippen LogP contribution in [0.25, 0.3) is 6.08 Å². The Kier molecular flexibility index (Phi) is 4.66. The lowest BCUT2D eigenvalue weighted by molar-refractivity contribution is 0.209. The Balaban J connectivity index is 2.36. The normalized spacial score (nSPS) is 16.7. The quantitative estimate of drug-likeness (QED) is 0.584. The zero-order chi connectivity index (χ0) is 15.7. The molecular formula is C21H32. The fourth-order valence-electron chi connectivity index (χ4n) is 3.28. The van der Waals surface area contributed by atoms with Crippen molar-refractivity contribution in [3.8, 4) is 0 Å². The summed E-state index contributed by atoms with van der Waals surface area (Å²) in [4.78, 5) is 0. The molecule has 116 valence electrons. The van der Waals surface area contributed by atoms with E-state index in [-0.39, 0.29) is 0 Å². The van der Waals surface area contributed by atoms with Gasteiger partial charge in [-0.3, -0.25) is 0 Å². The number of hydrogen-bond acceptors (Lipinski definition) is 0. The second-order valence-corrected chi connectivity index (χ2v) is 8.54. The maximum atomic E-state index is 2.45. The Labute approximate surface area is 131 Å². The van der Waals surface area contributed by atoms with Crippen LogP contribution in [0.1, 0.15) is 83.4 Å². The van der Waals surface area contributed by atoms with Crippen molar-refractivity contribution in [3.63, 3.8) is 0 Å². The van der Waals surface area contributed by atoms with E-state index in [4.69, 9.17) is 0 Å². The standard InChI is InChI=1S/C21H32/c1-7-21(5,6)15-19(20(2,3)4)18-13-12-16-10-8-9-11-17(16)14-18/h9,11-14,19H,7-8,10,15H2,1-6H3. The fraction of sp³-hybridized carbons (Fsp3) is 0.619. The minimum absolute atomic E-state index is 0.305. The van der Waals surface area contributed by atoms with Crippen LogP contribution in [0.15, 0.2) is 24.3 Å². The lowest BCUT2D eigenvalue weighted by Gasteiger charge is -2.37. The first kappa shape index (κ1) is 16.3. The van der Waals surface area contributed by atoms with E-state index >= 15 is 0 Å². The largest absolute Gasteiger partial charge is 0.0836 e. The molecule has 0 radical (unpaired) electrons. The highest BCUT2D eigenvalue weighted by molar-refractivity contribution is 5.57. The highest BCUT2D eigenvalue weighted by Gasteiger charge is 2.31. The monoisotopic (exact) mass is 284 g/mol. The molecule has 0 saturated carbocycles. The van der Waals surface area contributed by atoms with Crippen molar-refractivity contribution in [1.82, 2.24) is 0 Å². The molecule has 2 rings (SSSR count). The highest BCUT2D eigenvalue weighted by Crippen LogP contribution is 2.44. The molecular weight excluding hydrogens is 252 g/mol. The van der Waals surface area contributed by atoms with Gasteiger partial charge in [-0.05, 0) is 52.7 Å². The van der Waals surface area contributed by atoms with Crippen molar-refractivity contribution in [2.24, 2.45) is 10.8 Å². The van der Waals surface area contributed by atoms with E-state index in [1.54, 1.807) is 0 Å². The molecule has 0 amide bonds. The predicted molar refractivity (Wildman–Crippen MR) is 94.7 cm³/mol. The average Bonchev–Trinajstić information content (AvgIpc) is 2.43. The summed E-state index contributed by atoms with van der Waals surface area (Å²) in [7, 11) is 0. The number of benzene rings is 1. The fourth-order valence-corrected chi connectivity index (χ4v) is 3.28. The Hall–Kier alpha value is -1.04. The van der Waals surface area contributed by atoms with Crippen LogP contribution in [-0.2, 0) is 6.42 Å². The Morgan fingerprint density at radius 1 is 1.10 bits per heavy atom. The second-order valence-electron chi connectivity index (χ2n) is 8.54. The Morgan fingerprint density at radius 2 is 1.81 bits per heavy atom. The number of fused-ring (bicyclic) bond motifs is 1. The van der Waals surface area contributed by atoms with E-state index in [9.17, 15) is 0 Å². The molecule has 0 nitrogen and oxygen atoms in total. The molecule has 0 heterocycles. The molecule has 0 fully saturated rings. The summed E-state index contributed by atoms with van der Waals surface area (Å²) in [6.07, 6.45) is 9.52. The van der Waals surface area contributed by atoms with Gasteiger partial charge in [0, 0.05) is 0 Å². The molecule has 1 aliphatic carbocycles. The molecule has 0 spiro atoms. The molecule has 0 heteroatoms. The second kappa shape index (κ2) is 5.99. The molecule has 0 aliphatic heterocycles. The molecule has 1 aromatic carbocycles. The van der Waals surface area contributed by atoms with Gasteiger partial charge in [-0.15, -0.1) is 0 Å². The number of aryl methyl sites for hydroxylation is 1. The van der Waals surface area contributed by atoms with Gasteiger partial charge in [0.15, 0.2) is 0 Å². The van der Waals surface area contributed by atoms with Crippen LogP contribution in [0.2, 0.25) is 0 Å². The molecule has 1 unspecified atom stereocenters. The summed E-state index contributed by atoms with van der Waals surface area (Å²) in [6.45, 7) is 14.3. The summed E-state index contributed by atoms with van der Waals surface area (Å²) in [6, 6.07) is 7.21. The Bertz CT molecular complexity index is 511. The summed E-state index contributed by atoms with van der Waals surface area (Å²) in [5.74, 6) is 0.619. The molecule has 1 aliphatic rings. The van der Waals surface area contributed by atoms with Crippen molar-refractivity contribution in [2.45, 2.75) is 73.1 Å². The van der Waals surface area contributed by atoms with Gasteiger partial charge in [-0.2, -0.15) is 0 Å². The van der Waals surface area contributed by atoms with Crippen LogP contribution in [0.5, 0.6) is 0 Å². The van der Waals surface area contributed by atoms with Crippen LogP contribution < -0.4 is 0 Å². The maximum Gasteiger partial charge on any atom is -0.0108 e. The smallest absolute Gasteiger partial charge is 0.0108 e. The van der Waals surface area contributed by atoms with Gasteiger partial charge in [0.05, 0.1) is 0 Å². The van der Waals surface area contributed by atoms with E-state index in [1.807, 2.05) is 0 Å². The van der Waals surface area contributed by atoms with Crippen molar-refractivity contribution >= 4 is 6.08 Å². The molecule has 1 aromatic rings.